The van der Waals surface area contributed by atoms with E-state index in [0.717, 1.165) is 29.8 Å². The number of aliphatic hydroxyl groups is 1. The minimum atomic E-state index is 0.277. The molecule has 0 radical (unpaired) electrons. The highest BCUT2D eigenvalue weighted by atomic mass is 16.3. The molecule has 1 aromatic carbocycles. The molecule has 1 aliphatic rings. The molecule has 0 heterocycles. The van der Waals surface area contributed by atoms with E-state index >= 15 is 0 Å². The first-order chi connectivity index (χ1) is 7.72. The average Bonchev–Trinajstić information content (AvgIpc) is 2.72. The van der Waals surface area contributed by atoms with Gasteiger partial charge in [0.25, 0.3) is 0 Å². The zero-order chi connectivity index (χ0) is 11.5. The highest BCUT2D eigenvalue weighted by molar-refractivity contribution is 5.63. The number of nitrogens with one attached hydrogen (secondary N) is 1. The van der Waals surface area contributed by atoms with E-state index in [9.17, 15) is 5.11 Å². The molecule has 0 saturated heterocycles. The van der Waals surface area contributed by atoms with Crippen molar-refractivity contribution in [3.8, 4) is 0 Å². The summed E-state index contributed by atoms with van der Waals surface area (Å²) in [6.45, 7) is 2.31. The van der Waals surface area contributed by atoms with E-state index in [1.54, 1.807) is 0 Å². The number of nitrogens with two attached hydrogens (primary N) is 1. The van der Waals surface area contributed by atoms with E-state index in [0.29, 0.717) is 12.0 Å². The molecule has 0 amide bonds. The standard InChI is InChI=1S/C13H20N2O/c1-9-11(14)5-3-6-12(9)15-13-7-2-4-10(13)8-16/h3,5-6,10,13,15-16H,2,4,7-8,14H2,1H3. The predicted octanol–water partition coefficient (Wildman–Crippen LogP) is 2.15. The average molecular weight is 220 g/mol. The first kappa shape index (κ1) is 11.3. The molecule has 0 bridgehead atoms. The highest BCUT2D eigenvalue weighted by Crippen LogP contribution is 2.30. The smallest absolute Gasteiger partial charge is 0.0478 e. The second kappa shape index (κ2) is 4.74. The van der Waals surface area contributed by atoms with Crippen LogP contribution in [0, 0.1) is 12.8 Å². The van der Waals surface area contributed by atoms with Crippen LogP contribution in [0.4, 0.5) is 11.4 Å². The molecule has 3 nitrogen and oxygen atoms in total. The topological polar surface area (TPSA) is 58.3 Å². The molecular formula is C13H20N2O. The van der Waals surface area contributed by atoms with Crippen LogP contribution < -0.4 is 11.1 Å². The van der Waals surface area contributed by atoms with Gasteiger partial charge in [-0.15, -0.1) is 0 Å². The molecule has 2 rings (SSSR count). The summed E-state index contributed by atoms with van der Waals surface area (Å²) in [5.41, 5.74) is 8.90. The lowest BCUT2D eigenvalue weighted by molar-refractivity contribution is 0.222. The molecule has 4 N–H and O–H groups in total. The lowest BCUT2D eigenvalue weighted by Crippen LogP contribution is -2.26. The Kier molecular flexibility index (Phi) is 3.34. The maximum absolute atomic E-state index is 9.27. The first-order valence-electron chi connectivity index (χ1n) is 5.95. The number of benzene rings is 1. The molecule has 1 fully saturated rings. The molecule has 3 heteroatoms. The monoisotopic (exact) mass is 220 g/mol. The molecule has 1 aliphatic carbocycles. The van der Waals surface area contributed by atoms with E-state index in [4.69, 9.17) is 5.73 Å². The van der Waals surface area contributed by atoms with Crippen molar-refractivity contribution in [3.63, 3.8) is 0 Å². The Morgan fingerprint density at radius 1 is 1.44 bits per heavy atom. The summed E-state index contributed by atoms with van der Waals surface area (Å²) in [6.07, 6.45) is 3.46. The molecule has 2 atom stereocenters. The molecule has 16 heavy (non-hydrogen) atoms. The minimum absolute atomic E-state index is 0.277. The van der Waals surface area contributed by atoms with Gasteiger partial charge in [-0.3, -0.25) is 0 Å². The zero-order valence-corrected chi connectivity index (χ0v) is 9.74. The number of anilines is 2. The summed E-state index contributed by atoms with van der Waals surface area (Å²) in [5.74, 6) is 0.390. The number of aliphatic hydroxyl groups excluding tert-OH is 1. The molecule has 2 unspecified atom stereocenters. The van der Waals surface area contributed by atoms with Crippen LogP contribution in [-0.2, 0) is 0 Å². The Labute approximate surface area is 96.7 Å². The lowest BCUT2D eigenvalue weighted by Gasteiger charge is -2.22. The van der Waals surface area contributed by atoms with Crippen molar-refractivity contribution in [2.45, 2.75) is 32.2 Å². The molecule has 1 saturated carbocycles. The number of rotatable bonds is 3. The minimum Gasteiger partial charge on any atom is -0.398 e. The van der Waals surface area contributed by atoms with Gasteiger partial charge in [-0.05, 0) is 37.5 Å². The van der Waals surface area contributed by atoms with Crippen LogP contribution in [0.3, 0.4) is 0 Å². The van der Waals surface area contributed by atoms with E-state index in [1.807, 2.05) is 19.1 Å². The van der Waals surface area contributed by atoms with Gasteiger partial charge in [0.15, 0.2) is 0 Å². The summed E-state index contributed by atoms with van der Waals surface area (Å²) in [6, 6.07) is 6.33. The van der Waals surface area contributed by atoms with Gasteiger partial charge in [0.1, 0.15) is 0 Å². The molecule has 88 valence electrons. The van der Waals surface area contributed by atoms with Gasteiger partial charge in [0, 0.05) is 29.9 Å². The van der Waals surface area contributed by atoms with Gasteiger partial charge in [-0.2, -0.15) is 0 Å². The number of hydrogen-bond donors (Lipinski definition) is 3. The van der Waals surface area contributed by atoms with Gasteiger partial charge in [0.05, 0.1) is 0 Å². The second-order valence-electron chi connectivity index (χ2n) is 4.64. The van der Waals surface area contributed by atoms with Crippen LogP contribution in [0.1, 0.15) is 24.8 Å². The summed E-state index contributed by atoms with van der Waals surface area (Å²) in [4.78, 5) is 0. The molecule has 1 aromatic rings. The van der Waals surface area contributed by atoms with Gasteiger partial charge >= 0.3 is 0 Å². The fourth-order valence-corrected chi connectivity index (χ4v) is 2.45. The van der Waals surface area contributed by atoms with Gasteiger partial charge in [-0.25, -0.2) is 0 Å². The fourth-order valence-electron chi connectivity index (χ4n) is 2.45. The second-order valence-corrected chi connectivity index (χ2v) is 4.64. The summed E-state index contributed by atoms with van der Waals surface area (Å²) >= 11 is 0. The first-order valence-corrected chi connectivity index (χ1v) is 5.95. The van der Waals surface area contributed by atoms with E-state index in [1.165, 1.54) is 6.42 Å². The van der Waals surface area contributed by atoms with Crippen LogP contribution in [-0.4, -0.2) is 17.8 Å². The summed E-state index contributed by atoms with van der Waals surface area (Å²) < 4.78 is 0. The SMILES string of the molecule is Cc1c(N)cccc1NC1CCCC1CO. The van der Waals surface area contributed by atoms with Crippen LogP contribution >= 0.6 is 0 Å². The highest BCUT2D eigenvalue weighted by Gasteiger charge is 2.26. The van der Waals surface area contributed by atoms with Crippen molar-refractivity contribution in [2.75, 3.05) is 17.7 Å². The Balaban J connectivity index is 2.11. The lowest BCUT2D eigenvalue weighted by atomic mass is 10.0. The van der Waals surface area contributed by atoms with Crippen molar-refractivity contribution in [2.24, 2.45) is 5.92 Å². The van der Waals surface area contributed by atoms with Crippen LogP contribution in [0.5, 0.6) is 0 Å². The molecule has 0 aromatic heterocycles. The van der Waals surface area contributed by atoms with Crippen molar-refractivity contribution in [3.05, 3.63) is 23.8 Å². The van der Waals surface area contributed by atoms with Crippen molar-refractivity contribution >= 4 is 11.4 Å². The third-order valence-corrected chi connectivity index (χ3v) is 3.61. The normalized spacial score (nSPS) is 24.6. The number of hydrogen-bond acceptors (Lipinski definition) is 3. The molecule has 0 aliphatic heterocycles. The zero-order valence-electron chi connectivity index (χ0n) is 9.74. The predicted molar refractivity (Wildman–Crippen MR) is 67.4 cm³/mol. The Bertz CT molecular complexity index is 365. The summed E-state index contributed by atoms with van der Waals surface area (Å²) in [5, 5.41) is 12.8. The van der Waals surface area contributed by atoms with E-state index in [-0.39, 0.29) is 6.61 Å². The third-order valence-electron chi connectivity index (χ3n) is 3.61. The van der Waals surface area contributed by atoms with Crippen molar-refractivity contribution in [1.82, 2.24) is 0 Å². The largest absolute Gasteiger partial charge is 0.398 e. The van der Waals surface area contributed by atoms with E-state index < -0.39 is 0 Å². The van der Waals surface area contributed by atoms with Crippen LogP contribution in [0.15, 0.2) is 18.2 Å². The Morgan fingerprint density at radius 2 is 2.25 bits per heavy atom. The van der Waals surface area contributed by atoms with Gasteiger partial charge in [-0.1, -0.05) is 12.5 Å². The maximum Gasteiger partial charge on any atom is 0.0478 e. The summed E-state index contributed by atoms with van der Waals surface area (Å²) in [7, 11) is 0. The van der Waals surface area contributed by atoms with Gasteiger partial charge < -0.3 is 16.2 Å². The van der Waals surface area contributed by atoms with E-state index in [2.05, 4.69) is 11.4 Å². The molecular weight excluding hydrogens is 200 g/mol. The van der Waals surface area contributed by atoms with Gasteiger partial charge in [0.2, 0.25) is 0 Å². The van der Waals surface area contributed by atoms with Crippen LogP contribution in [0.2, 0.25) is 0 Å². The van der Waals surface area contributed by atoms with Crippen LogP contribution in [0.25, 0.3) is 0 Å². The quantitative estimate of drug-likeness (QED) is 0.684. The fraction of sp³-hybridized carbons (Fsp3) is 0.538. The Hall–Kier alpha value is -1.22. The maximum atomic E-state index is 9.27. The third kappa shape index (κ3) is 2.14. The molecule has 0 spiro atoms. The number of nitrogen functional groups attached to an aromatic ring is 1. The Morgan fingerprint density at radius 3 is 3.00 bits per heavy atom. The van der Waals surface area contributed by atoms with Crippen molar-refractivity contribution in [1.29, 1.82) is 0 Å². The van der Waals surface area contributed by atoms with Crippen molar-refractivity contribution < 1.29 is 5.11 Å².